The van der Waals surface area contributed by atoms with E-state index in [1.54, 1.807) is 18.2 Å². The van der Waals surface area contributed by atoms with E-state index < -0.39 is 0 Å². The Balaban J connectivity index is 2.37. The Kier molecular flexibility index (Phi) is 5.98. The maximum Gasteiger partial charge on any atom is 0.160 e. The van der Waals surface area contributed by atoms with E-state index in [0.29, 0.717) is 12.2 Å². The van der Waals surface area contributed by atoms with Crippen molar-refractivity contribution in [3.8, 4) is 11.5 Å². The van der Waals surface area contributed by atoms with Crippen molar-refractivity contribution in [3.05, 3.63) is 71.8 Å². The molecule has 1 N–H and O–H groups in total. The van der Waals surface area contributed by atoms with E-state index in [4.69, 9.17) is 4.74 Å². The molecule has 3 heteroatoms. The standard InChI is InChI=1S/C20H22O3/c1-3-4-10-17(21)14-18(15-8-6-5-7-9-15)16-11-12-19(22)20(13-16)23-2/h4-13,18,22H,3,14H2,1-2H3. The van der Waals surface area contributed by atoms with Gasteiger partial charge >= 0.3 is 0 Å². The molecule has 2 aromatic rings. The molecule has 0 heterocycles. The lowest BCUT2D eigenvalue weighted by Gasteiger charge is -2.18. The van der Waals surface area contributed by atoms with E-state index in [1.165, 1.54) is 7.11 Å². The first kappa shape index (κ1) is 16.8. The van der Waals surface area contributed by atoms with Gasteiger partial charge in [-0.3, -0.25) is 4.79 Å². The lowest BCUT2D eigenvalue weighted by molar-refractivity contribution is -0.114. The zero-order valence-electron chi connectivity index (χ0n) is 13.5. The largest absolute Gasteiger partial charge is 0.504 e. The minimum absolute atomic E-state index is 0.0697. The third-order valence-corrected chi connectivity index (χ3v) is 3.75. The number of benzene rings is 2. The summed E-state index contributed by atoms with van der Waals surface area (Å²) in [7, 11) is 1.52. The summed E-state index contributed by atoms with van der Waals surface area (Å²) in [4.78, 5) is 12.2. The third kappa shape index (κ3) is 4.46. The fraction of sp³-hybridized carbons (Fsp3) is 0.250. The second-order valence-electron chi connectivity index (χ2n) is 5.38. The maximum atomic E-state index is 12.2. The minimum atomic E-state index is -0.0697. The van der Waals surface area contributed by atoms with Gasteiger partial charge in [-0.1, -0.05) is 49.4 Å². The summed E-state index contributed by atoms with van der Waals surface area (Å²) in [5, 5.41) is 9.78. The molecule has 0 radical (unpaired) electrons. The van der Waals surface area contributed by atoms with Crippen LogP contribution in [0.15, 0.2) is 60.7 Å². The highest BCUT2D eigenvalue weighted by molar-refractivity contribution is 5.90. The Morgan fingerprint density at radius 2 is 1.91 bits per heavy atom. The molecule has 120 valence electrons. The van der Waals surface area contributed by atoms with Crippen LogP contribution in [-0.4, -0.2) is 18.0 Å². The SMILES string of the molecule is CCC=CC(=O)CC(c1ccccc1)c1ccc(O)c(OC)c1. The lowest BCUT2D eigenvalue weighted by atomic mass is 9.87. The molecule has 0 aliphatic heterocycles. The maximum absolute atomic E-state index is 12.2. The van der Waals surface area contributed by atoms with Crippen LogP contribution >= 0.6 is 0 Å². The van der Waals surface area contributed by atoms with Crippen LogP contribution in [0, 0.1) is 0 Å². The molecule has 23 heavy (non-hydrogen) atoms. The Morgan fingerprint density at radius 3 is 2.57 bits per heavy atom. The molecule has 0 aliphatic rings. The molecule has 0 amide bonds. The Hall–Kier alpha value is -2.55. The number of aromatic hydroxyl groups is 1. The van der Waals surface area contributed by atoms with Crippen molar-refractivity contribution in [3.63, 3.8) is 0 Å². The van der Waals surface area contributed by atoms with Gasteiger partial charge in [0.25, 0.3) is 0 Å². The number of hydrogen-bond donors (Lipinski definition) is 1. The number of allylic oxidation sites excluding steroid dienone is 2. The molecular formula is C20H22O3. The highest BCUT2D eigenvalue weighted by Gasteiger charge is 2.18. The molecule has 2 aromatic carbocycles. The molecule has 0 fully saturated rings. The normalized spacial score (nSPS) is 12.3. The average Bonchev–Trinajstić information content (AvgIpc) is 2.59. The molecule has 0 bridgehead atoms. The van der Waals surface area contributed by atoms with Gasteiger partial charge in [0, 0.05) is 12.3 Å². The van der Waals surface area contributed by atoms with Crippen LogP contribution in [-0.2, 0) is 4.79 Å². The Morgan fingerprint density at radius 1 is 1.17 bits per heavy atom. The van der Waals surface area contributed by atoms with Crippen LogP contribution in [0.25, 0.3) is 0 Å². The number of rotatable bonds is 7. The number of carbonyl (C=O) groups is 1. The summed E-state index contributed by atoms with van der Waals surface area (Å²) in [6, 6.07) is 15.2. The number of hydrogen-bond acceptors (Lipinski definition) is 3. The molecule has 2 rings (SSSR count). The van der Waals surface area contributed by atoms with Gasteiger partial charge in [0.05, 0.1) is 7.11 Å². The second-order valence-corrected chi connectivity index (χ2v) is 5.38. The van der Waals surface area contributed by atoms with Gasteiger partial charge in [-0.2, -0.15) is 0 Å². The number of carbonyl (C=O) groups excluding carboxylic acids is 1. The molecule has 0 saturated carbocycles. The first-order chi connectivity index (χ1) is 11.2. The molecule has 0 aliphatic carbocycles. The zero-order valence-corrected chi connectivity index (χ0v) is 13.5. The summed E-state index contributed by atoms with van der Waals surface area (Å²) in [6.07, 6.45) is 4.75. The lowest BCUT2D eigenvalue weighted by Crippen LogP contribution is -2.07. The molecule has 3 nitrogen and oxygen atoms in total. The highest BCUT2D eigenvalue weighted by Crippen LogP contribution is 2.34. The van der Waals surface area contributed by atoms with Gasteiger partial charge in [0.2, 0.25) is 0 Å². The van der Waals surface area contributed by atoms with Gasteiger partial charge in [-0.05, 0) is 35.8 Å². The molecule has 0 spiro atoms. The van der Waals surface area contributed by atoms with E-state index >= 15 is 0 Å². The van der Waals surface area contributed by atoms with Gasteiger partial charge < -0.3 is 9.84 Å². The summed E-state index contributed by atoms with van der Waals surface area (Å²) < 4.78 is 5.19. The third-order valence-electron chi connectivity index (χ3n) is 3.75. The minimum Gasteiger partial charge on any atom is -0.504 e. The summed E-state index contributed by atoms with van der Waals surface area (Å²) in [6.45, 7) is 2.00. The van der Waals surface area contributed by atoms with Crippen molar-refractivity contribution < 1.29 is 14.6 Å². The predicted molar refractivity (Wildman–Crippen MR) is 92.0 cm³/mol. The second kappa shape index (κ2) is 8.18. The van der Waals surface area contributed by atoms with Crippen LogP contribution in [0.1, 0.15) is 36.8 Å². The van der Waals surface area contributed by atoms with Gasteiger partial charge in [0.15, 0.2) is 17.3 Å². The summed E-state index contributed by atoms with van der Waals surface area (Å²) in [5.74, 6) is 0.535. The van der Waals surface area contributed by atoms with E-state index in [0.717, 1.165) is 17.5 Å². The molecule has 1 atom stereocenters. The first-order valence-corrected chi connectivity index (χ1v) is 7.77. The Bertz CT molecular complexity index is 675. The van der Waals surface area contributed by atoms with Crippen molar-refractivity contribution in [2.24, 2.45) is 0 Å². The number of ketones is 1. The zero-order chi connectivity index (χ0) is 16.7. The van der Waals surface area contributed by atoms with Crippen molar-refractivity contribution in [1.29, 1.82) is 0 Å². The summed E-state index contributed by atoms with van der Waals surface area (Å²) >= 11 is 0. The molecule has 0 aromatic heterocycles. The van der Waals surface area contributed by atoms with Crippen LogP contribution in [0.4, 0.5) is 0 Å². The quantitative estimate of drug-likeness (QED) is 0.768. The van der Waals surface area contributed by atoms with Crippen LogP contribution in [0.3, 0.4) is 0 Å². The first-order valence-electron chi connectivity index (χ1n) is 7.77. The molecule has 0 saturated heterocycles. The van der Waals surface area contributed by atoms with Crippen molar-refractivity contribution in [1.82, 2.24) is 0 Å². The van der Waals surface area contributed by atoms with Crippen molar-refractivity contribution in [2.75, 3.05) is 7.11 Å². The summed E-state index contributed by atoms with van der Waals surface area (Å²) in [5.41, 5.74) is 2.02. The monoisotopic (exact) mass is 310 g/mol. The van der Waals surface area contributed by atoms with Crippen molar-refractivity contribution in [2.45, 2.75) is 25.7 Å². The van der Waals surface area contributed by atoms with Gasteiger partial charge in [0.1, 0.15) is 0 Å². The number of phenols is 1. The van der Waals surface area contributed by atoms with E-state index in [2.05, 4.69) is 0 Å². The van der Waals surface area contributed by atoms with E-state index in [1.807, 2.05) is 49.4 Å². The van der Waals surface area contributed by atoms with E-state index in [9.17, 15) is 9.90 Å². The van der Waals surface area contributed by atoms with Crippen molar-refractivity contribution >= 4 is 5.78 Å². The topological polar surface area (TPSA) is 46.5 Å². The fourth-order valence-electron chi connectivity index (χ4n) is 2.54. The predicted octanol–water partition coefficient (Wildman–Crippen LogP) is 4.46. The smallest absolute Gasteiger partial charge is 0.160 e. The Labute approximate surface area is 137 Å². The molecular weight excluding hydrogens is 288 g/mol. The van der Waals surface area contributed by atoms with E-state index in [-0.39, 0.29) is 17.5 Å². The van der Waals surface area contributed by atoms with Gasteiger partial charge in [-0.15, -0.1) is 0 Å². The van der Waals surface area contributed by atoms with Crippen LogP contribution in [0.5, 0.6) is 11.5 Å². The van der Waals surface area contributed by atoms with Gasteiger partial charge in [-0.25, -0.2) is 0 Å². The average molecular weight is 310 g/mol. The number of ether oxygens (including phenoxy) is 1. The molecule has 1 unspecified atom stereocenters. The number of phenolic OH excluding ortho intramolecular Hbond substituents is 1. The van der Waals surface area contributed by atoms with Crippen LogP contribution in [0.2, 0.25) is 0 Å². The fourth-order valence-corrected chi connectivity index (χ4v) is 2.54. The highest BCUT2D eigenvalue weighted by atomic mass is 16.5. The van der Waals surface area contributed by atoms with Crippen LogP contribution < -0.4 is 4.74 Å². The number of methoxy groups -OCH3 is 1.